The number of carbonyl (C=O) groups excluding carboxylic acids is 1. The van der Waals surface area contributed by atoms with Crippen molar-refractivity contribution in [2.75, 3.05) is 6.54 Å². The van der Waals surface area contributed by atoms with Gasteiger partial charge in [-0.15, -0.1) is 10.2 Å². The second kappa shape index (κ2) is 10.0. The molecule has 34 heavy (non-hydrogen) atoms. The first kappa shape index (κ1) is 24.1. The molecule has 2 heterocycles. The Kier molecular flexibility index (Phi) is 7.11. The number of benzene rings is 2. The summed E-state index contributed by atoms with van der Waals surface area (Å²) in [6, 6.07) is 11.9. The van der Waals surface area contributed by atoms with Crippen molar-refractivity contribution < 1.29 is 18.0 Å². The third kappa shape index (κ3) is 5.35. The topological polar surface area (TPSA) is 63.1 Å². The number of carbonyl (C=O) groups is 1. The lowest BCUT2D eigenvalue weighted by Gasteiger charge is -2.25. The van der Waals surface area contributed by atoms with E-state index in [0.717, 1.165) is 42.2 Å². The number of likely N-dealkylation sites (tertiary alicyclic amines) is 1. The Morgan fingerprint density at radius 1 is 1.09 bits per heavy atom. The zero-order chi connectivity index (χ0) is 24.3. The molecule has 0 spiro atoms. The molecule has 4 rings (SSSR count). The van der Waals surface area contributed by atoms with E-state index in [0.29, 0.717) is 30.1 Å². The summed E-state index contributed by atoms with van der Waals surface area (Å²) in [5.74, 6) is 1.57. The number of hydrogen-bond acceptors (Lipinski definition) is 3. The molecule has 0 aliphatic carbocycles. The first-order valence-corrected chi connectivity index (χ1v) is 11.5. The van der Waals surface area contributed by atoms with Gasteiger partial charge in [0.25, 0.3) is 0 Å². The van der Waals surface area contributed by atoms with Gasteiger partial charge in [0, 0.05) is 24.5 Å². The highest BCUT2D eigenvalue weighted by Gasteiger charge is 2.34. The van der Waals surface area contributed by atoms with E-state index in [1.165, 1.54) is 12.1 Å². The summed E-state index contributed by atoms with van der Waals surface area (Å²) < 4.78 is 40.3. The average Bonchev–Trinajstić information content (AvgIpc) is 3.45. The Bertz CT molecular complexity index is 1130. The van der Waals surface area contributed by atoms with E-state index < -0.39 is 11.7 Å². The number of halogens is 4. The highest BCUT2D eigenvalue weighted by Crippen LogP contribution is 2.32. The second-order valence-corrected chi connectivity index (χ2v) is 8.68. The number of nitrogens with one attached hydrogen (secondary N) is 1. The highest BCUT2D eigenvalue weighted by atomic mass is 35.5. The zero-order valence-corrected chi connectivity index (χ0v) is 19.4. The van der Waals surface area contributed by atoms with Crippen molar-refractivity contribution in [3.05, 3.63) is 81.9 Å². The van der Waals surface area contributed by atoms with Crippen LogP contribution in [0.25, 0.3) is 0 Å². The van der Waals surface area contributed by atoms with Gasteiger partial charge in [0.2, 0.25) is 0 Å². The predicted octanol–water partition coefficient (Wildman–Crippen LogP) is 5.61. The van der Waals surface area contributed by atoms with Crippen LogP contribution in [0.4, 0.5) is 18.0 Å². The van der Waals surface area contributed by atoms with E-state index >= 15 is 0 Å². The molecule has 2 amide bonds. The predicted molar refractivity (Wildman–Crippen MR) is 122 cm³/mol. The number of alkyl halides is 3. The van der Waals surface area contributed by atoms with Crippen LogP contribution in [0.5, 0.6) is 0 Å². The lowest BCUT2D eigenvalue weighted by Crippen LogP contribution is -2.40. The van der Waals surface area contributed by atoms with Gasteiger partial charge in [-0.1, -0.05) is 42.8 Å². The lowest BCUT2D eigenvalue weighted by molar-refractivity contribution is -0.137. The van der Waals surface area contributed by atoms with Gasteiger partial charge >= 0.3 is 12.2 Å². The number of amides is 2. The molecule has 1 aromatic heterocycles. The van der Waals surface area contributed by atoms with Crippen molar-refractivity contribution in [2.24, 2.45) is 0 Å². The van der Waals surface area contributed by atoms with E-state index in [-0.39, 0.29) is 18.6 Å². The summed E-state index contributed by atoms with van der Waals surface area (Å²) in [4.78, 5) is 14.7. The van der Waals surface area contributed by atoms with E-state index in [2.05, 4.69) is 20.1 Å². The lowest BCUT2D eigenvalue weighted by atomic mass is 10.1. The van der Waals surface area contributed by atoms with Gasteiger partial charge in [0.05, 0.1) is 18.2 Å². The molecular weight excluding hydrogens is 467 g/mol. The van der Waals surface area contributed by atoms with Crippen molar-refractivity contribution in [1.29, 1.82) is 0 Å². The Balaban J connectivity index is 1.47. The summed E-state index contributed by atoms with van der Waals surface area (Å²) in [6.45, 7) is 3.28. The maximum Gasteiger partial charge on any atom is 0.416 e. The Morgan fingerprint density at radius 3 is 2.41 bits per heavy atom. The maximum atomic E-state index is 13.0. The quantitative estimate of drug-likeness (QED) is 0.487. The van der Waals surface area contributed by atoms with Gasteiger partial charge in [-0.2, -0.15) is 13.2 Å². The molecule has 180 valence electrons. The van der Waals surface area contributed by atoms with Crippen LogP contribution in [0.2, 0.25) is 5.02 Å². The Hall–Kier alpha value is -3.07. The van der Waals surface area contributed by atoms with Gasteiger partial charge in [0.1, 0.15) is 5.82 Å². The monoisotopic (exact) mass is 491 g/mol. The van der Waals surface area contributed by atoms with Crippen LogP contribution in [0.1, 0.15) is 54.1 Å². The Morgan fingerprint density at radius 2 is 1.76 bits per heavy atom. The van der Waals surface area contributed by atoms with Crippen LogP contribution in [-0.4, -0.2) is 32.2 Å². The van der Waals surface area contributed by atoms with E-state index in [1.54, 1.807) is 4.90 Å². The molecule has 1 aliphatic heterocycles. The van der Waals surface area contributed by atoms with E-state index in [4.69, 9.17) is 11.6 Å². The summed E-state index contributed by atoms with van der Waals surface area (Å²) >= 11 is 6.01. The van der Waals surface area contributed by atoms with Crippen molar-refractivity contribution in [3.63, 3.8) is 0 Å². The molecule has 0 radical (unpaired) electrons. The third-order valence-electron chi connectivity index (χ3n) is 5.96. The molecule has 0 saturated carbocycles. The van der Waals surface area contributed by atoms with Crippen LogP contribution in [-0.2, 0) is 25.7 Å². The third-order valence-corrected chi connectivity index (χ3v) is 6.21. The Labute approximate surface area is 200 Å². The van der Waals surface area contributed by atoms with E-state index in [9.17, 15) is 18.0 Å². The number of aromatic nitrogens is 3. The minimum atomic E-state index is -4.39. The molecule has 3 aromatic rings. The summed E-state index contributed by atoms with van der Waals surface area (Å²) in [5.41, 5.74) is 0.932. The number of hydrogen-bond donors (Lipinski definition) is 1. The molecular formula is C24H25ClF3N5O. The van der Waals surface area contributed by atoms with Crippen molar-refractivity contribution in [2.45, 2.75) is 51.5 Å². The molecule has 1 atom stereocenters. The molecule has 10 heteroatoms. The molecule has 1 fully saturated rings. The molecule has 0 unspecified atom stereocenters. The van der Waals surface area contributed by atoms with Crippen LogP contribution in [0.3, 0.4) is 0 Å². The summed E-state index contributed by atoms with van der Waals surface area (Å²) in [6.07, 6.45) is -2.10. The maximum absolute atomic E-state index is 13.0. The second-order valence-electron chi connectivity index (χ2n) is 8.25. The fourth-order valence-corrected chi connectivity index (χ4v) is 4.30. The van der Waals surface area contributed by atoms with Crippen molar-refractivity contribution in [1.82, 2.24) is 25.0 Å². The first-order valence-electron chi connectivity index (χ1n) is 11.1. The number of urea groups is 1. The van der Waals surface area contributed by atoms with Crippen LogP contribution in [0, 0.1) is 0 Å². The average molecular weight is 492 g/mol. The molecule has 1 N–H and O–H groups in total. The van der Waals surface area contributed by atoms with Gasteiger partial charge in [-0.05, 0) is 48.2 Å². The molecule has 1 aliphatic rings. The first-order chi connectivity index (χ1) is 16.3. The largest absolute Gasteiger partial charge is 0.416 e. The minimum absolute atomic E-state index is 0.137. The van der Waals surface area contributed by atoms with Gasteiger partial charge < -0.3 is 14.8 Å². The standard InChI is InChI=1S/C24H25ClF3N5O/c1-2-21-30-31-22(33(21)15-17-7-11-19(25)12-8-17)20-4-3-13-32(20)23(34)29-14-16-5-9-18(10-6-16)24(26,27)28/h5-12,20H,2-4,13-15H2,1H3,(H,29,34)/t20-/m1/s1. The number of nitrogens with zero attached hydrogens (tertiary/aromatic N) is 4. The number of aryl methyl sites for hydroxylation is 1. The van der Waals surface area contributed by atoms with Crippen molar-refractivity contribution >= 4 is 17.6 Å². The highest BCUT2D eigenvalue weighted by molar-refractivity contribution is 6.30. The van der Waals surface area contributed by atoms with Gasteiger partial charge in [-0.3, -0.25) is 0 Å². The van der Waals surface area contributed by atoms with Gasteiger partial charge in [0.15, 0.2) is 5.82 Å². The molecule has 6 nitrogen and oxygen atoms in total. The van der Waals surface area contributed by atoms with Crippen LogP contribution < -0.4 is 5.32 Å². The SMILES string of the molecule is CCc1nnc([C@H]2CCCN2C(=O)NCc2ccc(C(F)(F)F)cc2)n1Cc1ccc(Cl)cc1. The summed E-state index contributed by atoms with van der Waals surface area (Å²) in [5, 5.41) is 12.3. The smallest absolute Gasteiger partial charge is 0.334 e. The fourth-order valence-electron chi connectivity index (χ4n) is 4.17. The molecule has 1 saturated heterocycles. The fraction of sp³-hybridized carbons (Fsp3) is 0.375. The van der Waals surface area contributed by atoms with Crippen LogP contribution in [0.15, 0.2) is 48.5 Å². The molecule has 2 aromatic carbocycles. The minimum Gasteiger partial charge on any atom is -0.334 e. The normalized spacial score (nSPS) is 16.1. The van der Waals surface area contributed by atoms with Crippen molar-refractivity contribution in [3.8, 4) is 0 Å². The number of rotatable bonds is 6. The van der Waals surface area contributed by atoms with E-state index in [1.807, 2.05) is 31.2 Å². The van der Waals surface area contributed by atoms with Gasteiger partial charge in [-0.25, -0.2) is 4.79 Å². The van der Waals surface area contributed by atoms with Crippen LogP contribution >= 0.6 is 11.6 Å². The summed E-state index contributed by atoms with van der Waals surface area (Å²) in [7, 11) is 0. The zero-order valence-electron chi connectivity index (χ0n) is 18.6. The molecule has 0 bridgehead atoms.